The van der Waals surface area contributed by atoms with Crippen LogP contribution in [0.2, 0.25) is 0 Å². The fourth-order valence-electron chi connectivity index (χ4n) is 4.16. The Morgan fingerprint density at radius 3 is 2.45 bits per heavy atom. The molecule has 3 aromatic carbocycles. The van der Waals surface area contributed by atoms with Crippen LogP contribution in [0.15, 0.2) is 71.7 Å². The zero-order valence-corrected chi connectivity index (χ0v) is 22.5. The number of benzene rings is 3. The van der Waals surface area contributed by atoms with Crippen LogP contribution < -0.4 is 4.72 Å². The van der Waals surface area contributed by atoms with E-state index in [1.54, 1.807) is 37.3 Å². The van der Waals surface area contributed by atoms with Crippen LogP contribution in [0.4, 0.5) is 11.4 Å². The number of ether oxygens (including phenoxy) is 1. The van der Waals surface area contributed by atoms with Crippen molar-refractivity contribution in [2.24, 2.45) is 4.99 Å². The van der Waals surface area contributed by atoms with E-state index in [9.17, 15) is 18.3 Å². The first kappa shape index (κ1) is 26.9. The maximum Gasteiger partial charge on any atom is 0.338 e. The van der Waals surface area contributed by atoms with E-state index in [0.29, 0.717) is 45.7 Å². The first-order chi connectivity index (χ1) is 18.1. The van der Waals surface area contributed by atoms with Crippen molar-refractivity contribution in [1.82, 2.24) is 9.88 Å². The molecule has 0 atom stereocenters. The van der Waals surface area contributed by atoms with Crippen LogP contribution in [0, 0.1) is 0 Å². The summed E-state index contributed by atoms with van der Waals surface area (Å²) in [6, 6.07) is 19.7. The molecule has 0 radical (unpaired) electrons. The maximum absolute atomic E-state index is 12.2. The van der Waals surface area contributed by atoms with E-state index in [1.165, 1.54) is 0 Å². The summed E-state index contributed by atoms with van der Waals surface area (Å²) in [7, 11) is 0.273. The van der Waals surface area contributed by atoms with Gasteiger partial charge in [-0.15, -0.1) is 0 Å². The van der Waals surface area contributed by atoms with E-state index < -0.39 is 16.0 Å². The Labute approximate surface area is 221 Å². The minimum Gasteiger partial charge on any atom is -0.494 e. The van der Waals surface area contributed by atoms with Gasteiger partial charge in [-0.1, -0.05) is 42.5 Å². The summed E-state index contributed by atoms with van der Waals surface area (Å²) in [5.74, 6) is -0.562. The van der Waals surface area contributed by atoms with Gasteiger partial charge in [-0.05, 0) is 50.8 Å². The molecule has 1 heterocycles. The standard InChI is InChI=1S/C28H30N4O5S/c1-5-37-28(34)19-12-14-22-24(15-19)30-27(33)25(22)26(18-9-7-6-8-10-18)29-21-13-11-20(17-32(2)3)23(16-21)31-38(4,35)36/h6-16,30-31,33H,5,17H2,1-4H3. The number of carbonyl (C=O) groups excluding carboxylic acids is 1. The molecule has 38 heavy (non-hydrogen) atoms. The molecule has 0 bridgehead atoms. The highest BCUT2D eigenvalue weighted by molar-refractivity contribution is 7.92. The number of fused-ring (bicyclic) bond motifs is 1. The molecular weight excluding hydrogens is 504 g/mol. The van der Waals surface area contributed by atoms with E-state index >= 15 is 0 Å². The van der Waals surface area contributed by atoms with Crippen LogP contribution in [0.5, 0.6) is 5.88 Å². The minimum absolute atomic E-state index is 0.109. The number of H-pyrrole nitrogens is 1. The number of esters is 1. The third-order valence-corrected chi connectivity index (χ3v) is 6.28. The lowest BCUT2D eigenvalue weighted by Gasteiger charge is -2.16. The smallest absolute Gasteiger partial charge is 0.338 e. The maximum atomic E-state index is 12.2. The zero-order valence-electron chi connectivity index (χ0n) is 21.6. The molecule has 0 saturated heterocycles. The predicted molar refractivity (Wildman–Crippen MR) is 150 cm³/mol. The number of aromatic hydroxyl groups is 1. The molecule has 9 nitrogen and oxygen atoms in total. The number of sulfonamides is 1. The average molecular weight is 535 g/mol. The van der Waals surface area contributed by atoms with E-state index in [0.717, 1.165) is 17.4 Å². The molecule has 0 unspecified atom stereocenters. The number of hydrogen-bond donors (Lipinski definition) is 3. The average Bonchev–Trinajstić information content (AvgIpc) is 3.18. The number of nitrogens with one attached hydrogen (secondary N) is 2. The summed E-state index contributed by atoms with van der Waals surface area (Å²) in [6.45, 7) is 2.52. The summed E-state index contributed by atoms with van der Waals surface area (Å²) in [6.07, 6.45) is 1.10. The minimum atomic E-state index is -3.53. The fourth-order valence-corrected chi connectivity index (χ4v) is 4.75. The van der Waals surface area contributed by atoms with Crippen molar-refractivity contribution in [3.8, 4) is 5.88 Å². The number of anilines is 1. The highest BCUT2D eigenvalue weighted by atomic mass is 32.2. The Hall–Kier alpha value is -4.15. The third-order valence-electron chi connectivity index (χ3n) is 5.69. The second-order valence-electron chi connectivity index (χ2n) is 9.11. The van der Waals surface area contributed by atoms with Crippen LogP contribution >= 0.6 is 0 Å². The first-order valence-electron chi connectivity index (χ1n) is 12.0. The van der Waals surface area contributed by atoms with Crippen molar-refractivity contribution in [2.75, 3.05) is 31.7 Å². The van der Waals surface area contributed by atoms with Crippen LogP contribution in [-0.2, 0) is 21.3 Å². The number of aromatic nitrogens is 1. The van der Waals surface area contributed by atoms with Crippen LogP contribution in [-0.4, -0.2) is 62.0 Å². The molecule has 0 amide bonds. The number of aromatic amines is 1. The van der Waals surface area contributed by atoms with E-state index in [2.05, 4.69) is 9.71 Å². The van der Waals surface area contributed by atoms with Crippen LogP contribution in [0.3, 0.4) is 0 Å². The largest absolute Gasteiger partial charge is 0.494 e. The normalized spacial score (nSPS) is 12.2. The highest BCUT2D eigenvalue weighted by Gasteiger charge is 2.20. The molecule has 0 fully saturated rings. The summed E-state index contributed by atoms with van der Waals surface area (Å²) in [4.78, 5) is 22.0. The Morgan fingerprint density at radius 1 is 1.05 bits per heavy atom. The lowest BCUT2D eigenvalue weighted by atomic mass is 10.00. The van der Waals surface area contributed by atoms with Gasteiger partial charge in [0.1, 0.15) is 0 Å². The molecular formula is C28H30N4O5S. The molecule has 0 aliphatic heterocycles. The molecule has 0 saturated carbocycles. The van der Waals surface area contributed by atoms with Gasteiger partial charge in [-0.25, -0.2) is 18.2 Å². The van der Waals surface area contributed by atoms with Gasteiger partial charge < -0.3 is 19.7 Å². The van der Waals surface area contributed by atoms with Crippen molar-refractivity contribution in [3.05, 3.63) is 89.0 Å². The number of aliphatic imine (C=N–C) groups is 1. The number of carbonyl (C=O) groups is 1. The Morgan fingerprint density at radius 2 is 1.79 bits per heavy atom. The van der Waals surface area contributed by atoms with Gasteiger partial charge >= 0.3 is 5.97 Å². The van der Waals surface area contributed by atoms with Crippen LogP contribution in [0.1, 0.15) is 34.0 Å². The Balaban J connectivity index is 1.89. The summed E-state index contributed by atoms with van der Waals surface area (Å²) in [5.41, 5.74) is 4.30. The van der Waals surface area contributed by atoms with Gasteiger partial charge in [0.2, 0.25) is 10.0 Å². The second kappa shape index (κ2) is 11.1. The molecule has 4 rings (SSSR count). The lowest BCUT2D eigenvalue weighted by molar-refractivity contribution is 0.0526. The number of nitrogens with zero attached hydrogens (tertiary/aromatic N) is 2. The molecule has 0 aliphatic carbocycles. The number of hydrogen-bond acceptors (Lipinski definition) is 7. The van der Waals surface area contributed by atoms with E-state index in [-0.39, 0.29) is 12.5 Å². The topological polar surface area (TPSA) is 124 Å². The summed E-state index contributed by atoms with van der Waals surface area (Å²) < 4.78 is 31.8. The lowest BCUT2D eigenvalue weighted by Crippen LogP contribution is -2.15. The van der Waals surface area contributed by atoms with Gasteiger partial charge in [-0.3, -0.25) is 4.72 Å². The molecule has 4 aromatic rings. The SMILES string of the molecule is CCOC(=O)c1ccc2c(C(=Nc3ccc(CN(C)C)c(NS(C)(=O)=O)c3)c3ccccc3)c(O)[nH]c2c1. The third kappa shape index (κ3) is 6.21. The van der Waals surface area contributed by atoms with Crippen molar-refractivity contribution in [1.29, 1.82) is 0 Å². The molecule has 10 heteroatoms. The van der Waals surface area contributed by atoms with Crippen LogP contribution in [0.25, 0.3) is 10.9 Å². The van der Waals surface area contributed by atoms with E-state index in [4.69, 9.17) is 9.73 Å². The van der Waals surface area contributed by atoms with Gasteiger partial charge in [0.25, 0.3) is 0 Å². The fraction of sp³-hybridized carbons (Fsp3) is 0.214. The molecule has 1 aromatic heterocycles. The van der Waals surface area contributed by atoms with Gasteiger partial charge in [0.05, 0.1) is 41.1 Å². The van der Waals surface area contributed by atoms with Gasteiger partial charge in [0, 0.05) is 23.0 Å². The van der Waals surface area contributed by atoms with E-state index in [1.807, 2.05) is 55.4 Å². The molecule has 198 valence electrons. The second-order valence-corrected chi connectivity index (χ2v) is 10.9. The predicted octanol–water partition coefficient (Wildman–Crippen LogP) is 4.65. The monoisotopic (exact) mass is 534 g/mol. The van der Waals surface area contributed by atoms with Crippen molar-refractivity contribution >= 4 is 44.0 Å². The summed E-state index contributed by atoms with van der Waals surface area (Å²) in [5, 5.41) is 11.6. The Bertz CT molecular complexity index is 1610. The molecule has 0 aliphatic rings. The van der Waals surface area contributed by atoms with Crippen molar-refractivity contribution in [3.63, 3.8) is 0 Å². The number of rotatable bonds is 9. The zero-order chi connectivity index (χ0) is 27.4. The quantitative estimate of drug-likeness (QED) is 0.212. The van der Waals surface area contributed by atoms with Gasteiger partial charge in [0.15, 0.2) is 5.88 Å². The Kier molecular flexibility index (Phi) is 7.84. The van der Waals surface area contributed by atoms with Gasteiger partial charge in [-0.2, -0.15) is 0 Å². The molecule has 0 spiro atoms. The van der Waals surface area contributed by atoms with Crippen molar-refractivity contribution < 1.29 is 23.1 Å². The van der Waals surface area contributed by atoms with Crippen molar-refractivity contribution in [2.45, 2.75) is 13.5 Å². The summed E-state index contributed by atoms with van der Waals surface area (Å²) >= 11 is 0. The first-order valence-corrected chi connectivity index (χ1v) is 13.9. The highest BCUT2D eigenvalue weighted by Crippen LogP contribution is 2.33. The molecule has 3 N–H and O–H groups in total.